The molecule has 2 N–H and O–H groups in total. The number of hydrogen-bond donors (Lipinski definition) is 2. The molecule has 1 aromatic rings. The minimum absolute atomic E-state index is 0.132. The van der Waals surface area contributed by atoms with Crippen LogP contribution in [-0.4, -0.2) is 41.2 Å². The first-order chi connectivity index (χ1) is 10.5. The van der Waals surface area contributed by atoms with E-state index in [0.29, 0.717) is 13.0 Å². The van der Waals surface area contributed by atoms with Gasteiger partial charge in [0, 0.05) is 30.2 Å². The van der Waals surface area contributed by atoms with Crippen molar-refractivity contribution in [2.45, 2.75) is 18.9 Å². The highest BCUT2D eigenvalue weighted by atomic mass is 16.6. The summed E-state index contributed by atoms with van der Waals surface area (Å²) in [6, 6.07) is 3.96. The molecule has 8 nitrogen and oxygen atoms in total. The highest BCUT2D eigenvalue weighted by Crippen LogP contribution is 2.19. The van der Waals surface area contributed by atoms with Gasteiger partial charge in [-0.3, -0.25) is 14.9 Å². The van der Waals surface area contributed by atoms with Gasteiger partial charge in [0.05, 0.1) is 11.5 Å². The van der Waals surface area contributed by atoms with Gasteiger partial charge in [-0.2, -0.15) is 0 Å². The van der Waals surface area contributed by atoms with E-state index >= 15 is 0 Å². The number of hydrogen-bond acceptors (Lipinski definition) is 5. The first-order valence-electron chi connectivity index (χ1n) is 6.85. The lowest BCUT2D eigenvalue weighted by Gasteiger charge is -2.28. The van der Waals surface area contributed by atoms with Crippen molar-refractivity contribution in [3.8, 4) is 0 Å². The lowest BCUT2D eigenvalue weighted by molar-refractivity contribution is -0.384. The van der Waals surface area contributed by atoms with E-state index < -0.39 is 22.8 Å². The maximum Gasteiger partial charge on any atom is 0.326 e. The highest BCUT2D eigenvalue weighted by molar-refractivity contribution is 5.96. The molecule has 118 valence electrons. The third-order valence-electron chi connectivity index (χ3n) is 3.56. The normalized spacial score (nSPS) is 19.2. The fraction of sp³-hybridized carbons (Fsp3) is 0.429. The van der Waals surface area contributed by atoms with Crippen LogP contribution in [0.15, 0.2) is 24.3 Å². The first kappa shape index (κ1) is 15.9. The van der Waals surface area contributed by atoms with Crippen molar-refractivity contribution in [3.63, 3.8) is 0 Å². The van der Waals surface area contributed by atoms with E-state index in [9.17, 15) is 24.8 Å². The van der Waals surface area contributed by atoms with Crippen LogP contribution in [0.3, 0.4) is 0 Å². The van der Waals surface area contributed by atoms with E-state index in [-0.39, 0.29) is 23.8 Å². The molecule has 0 aromatic heterocycles. The minimum atomic E-state index is -1.12. The summed E-state index contributed by atoms with van der Waals surface area (Å²) in [5, 5.41) is 22.3. The molecule has 2 atom stereocenters. The number of non-ortho nitro benzene ring substituents is 1. The maximum absolute atomic E-state index is 12.1. The van der Waals surface area contributed by atoms with Crippen LogP contribution in [0.5, 0.6) is 0 Å². The zero-order chi connectivity index (χ0) is 16.1. The van der Waals surface area contributed by atoms with Gasteiger partial charge in [0.15, 0.2) is 0 Å². The number of nitro benzene ring substituents is 1. The van der Waals surface area contributed by atoms with Crippen LogP contribution in [0.4, 0.5) is 5.69 Å². The molecule has 0 spiro atoms. The molecule has 2 unspecified atom stereocenters. The highest BCUT2D eigenvalue weighted by Gasteiger charge is 2.31. The van der Waals surface area contributed by atoms with Crippen LogP contribution in [0.1, 0.15) is 23.2 Å². The Morgan fingerprint density at radius 1 is 1.36 bits per heavy atom. The quantitative estimate of drug-likeness (QED) is 0.623. The summed E-state index contributed by atoms with van der Waals surface area (Å²) in [6.45, 7) is 0.886. The Hall–Kier alpha value is -2.48. The van der Waals surface area contributed by atoms with Crippen LogP contribution in [0.2, 0.25) is 0 Å². The summed E-state index contributed by atoms with van der Waals surface area (Å²) >= 11 is 0. The number of aliphatic carboxylic acids is 1. The second-order valence-corrected chi connectivity index (χ2v) is 5.07. The molecule has 1 saturated heterocycles. The second-order valence-electron chi connectivity index (χ2n) is 5.07. The van der Waals surface area contributed by atoms with Crippen LogP contribution >= 0.6 is 0 Å². The number of carboxylic acids is 1. The fourth-order valence-corrected chi connectivity index (χ4v) is 2.37. The van der Waals surface area contributed by atoms with Gasteiger partial charge >= 0.3 is 5.97 Å². The van der Waals surface area contributed by atoms with Gasteiger partial charge in [-0.05, 0) is 25.0 Å². The van der Waals surface area contributed by atoms with Crippen LogP contribution in [-0.2, 0) is 9.53 Å². The van der Waals surface area contributed by atoms with Crippen molar-refractivity contribution in [2.75, 3.05) is 13.2 Å². The van der Waals surface area contributed by atoms with Crippen LogP contribution < -0.4 is 5.32 Å². The van der Waals surface area contributed by atoms with Crippen molar-refractivity contribution in [2.24, 2.45) is 5.92 Å². The van der Waals surface area contributed by atoms with Gasteiger partial charge < -0.3 is 15.2 Å². The molecule has 2 rings (SSSR count). The smallest absolute Gasteiger partial charge is 0.326 e. The Morgan fingerprint density at radius 2 is 2.05 bits per heavy atom. The van der Waals surface area contributed by atoms with Gasteiger partial charge in [-0.15, -0.1) is 0 Å². The number of nitro groups is 1. The molecular weight excluding hydrogens is 292 g/mol. The lowest BCUT2D eigenvalue weighted by Crippen LogP contribution is -2.48. The number of nitrogens with zero attached hydrogens (tertiary/aromatic N) is 1. The lowest BCUT2D eigenvalue weighted by atomic mass is 9.93. The number of carboxylic acid groups (broad SMARTS) is 1. The summed E-state index contributed by atoms with van der Waals surface area (Å²) in [6.07, 6.45) is 1.42. The molecule has 8 heteroatoms. The standard InChI is InChI=1S/C14H16N2O6/c17-13(9-3-5-11(6-4-9)16(20)21)15-12(14(18)19)10-2-1-7-22-8-10/h3-6,10,12H,1-2,7-8H2,(H,15,17)(H,18,19). The summed E-state index contributed by atoms with van der Waals surface area (Å²) < 4.78 is 5.25. The number of rotatable bonds is 5. The number of amides is 1. The van der Waals surface area contributed by atoms with Crippen molar-refractivity contribution >= 4 is 17.6 Å². The number of carbonyl (C=O) groups is 2. The van der Waals surface area contributed by atoms with Gasteiger partial charge in [0.1, 0.15) is 6.04 Å². The molecular formula is C14H16N2O6. The minimum Gasteiger partial charge on any atom is -0.480 e. The molecule has 1 amide bonds. The molecule has 0 bridgehead atoms. The van der Waals surface area contributed by atoms with Crippen molar-refractivity contribution < 1.29 is 24.4 Å². The summed E-state index contributed by atoms with van der Waals surface area (Å²) in [7, 11) is 0. The van der Waals surface area contributed by atoms with Crippen LogP contribution in [0.25, 0.3) is 0 Å². The SMILES string of the molecule is O=C(NC(C(=O)O)C1CCCOC1)c1ccc([N+](=O)[O-])cc1. The third kappa shape index (κ3) is 3.79. The second kappa shape index (κ2) is 6.99. The van der Waals surface area contributed by atoms with Gasteiger partial charge in [0.25, 0.3) is 11.6 Å². The topological polar surface area (TPSA) is 119 Å². The molecule has 1 aromatic carbocycles. The van der Waals surface area contributed by atoms with Gasteiger partial charge in [0.2, 0.25) is 0 Å². The average Bonchev–Trinajstić information content (AvgIpc) is 2.53. The number of ether oxygens (including phenoxy) is 1. The van der Waals surface area contributed by atoms with Gasteiger partial charge in [-0.25, -0.2) is 4.79 Å². The summed E-state index contributed by atoms with van der Waals surface area (Å²) in [5.74, 6) is -1.98. The molecule has 0 radical (unpaired) electrons. The molecule has 1 fully saturated rings. The van der Waals surface area contributed by atoms with E-state index in [4.69, 9.17) is 4.74 Å². The molecule has 1 aliphatic heterocycles. The molecule has 0 aliphatic carbocycles. The Morgan fingerprint density at radius 3 is 2.55 bits per heavy atom. The predicted octanol–water partition coefficient (Wildman–Crippen LogP) is 1.20. The van der Waals surface area contributed by atoms with E-state index in [2.05, 4.69) is 5.32 Å². The number of nitrogens with one attached hydrogen (secondary N) is 1. The Bertz CT molecular complexity index is 565. The molecule has 1 aliphatic rings. The Balaban J connectivity index is 2.07. The average molecular weight is 308 g/mol. The summed E-state index contributed by atoms with van der Waals surface area (Å²) in [4.78, 5) is 33.4. The van der Waals surface area contributed by atoms with E-state index in [1.165, 1.54) is 24.3 Å². The number of benzene rings is 1. The van der Waals surface area contributed by atoms with Gasteiger partial charge in [-0.1, -0.05) is 0 Å². The van der Waals surface area contributed by atoms with Crippen molar-refractivity contribution in [3.05, 3.63) is 39.9 Å². The molecule has 0 saturated carbocycles. The third-order valence-corrected chi connectivity index (χ3v) is 3.56. The Kier molecular flexibility index (Phi) is 5.05. The number of carbonyl (C=O) groups excluding carboxylic acids is 1. The van der Waals surface area contributed by atoms with Crippen LogP contribution in [0, 0.1) is 16.0 Å². The fourth-order valence-electron chi connectivity index (χ4n) is 2.37. The predicted molar refractivity (Wildman–Crippen MR) is 75.5 cm³/mol. The van der Waals surface area contributed by atoms with Crippen molar-refractivity contribution in [1.82, 2.24) is 5.32 Å². The summed E-state index contributed by atoms with van der Waals surface area (Å²) in [5.41, 5.74) is 0.0422. The van der Waals surface area contributed by atoms with E-state index in [1.807, 2.05) is 0 Å². The molecule has 22 heavy (non-hydrogen) atoms. The van der Waals surface area contributed by atoms with Crippen molar-refractivity contribution in [1.29, 1.82) is 0 Å². The zero-order valence-electron chi connectivity index (χ0n) is 11.7. The first-order valence-corrected chi connectivity index (χ1v) is 6.85. The molecule has 1 heterocycles. The maximum atomic E-state index is 12.1. The zero-order valence-corrected chi connectivity index (χ0v) is 11.7. The Labute approximate surface area is 126 Å². The largest absolute Gasteiger partial charge is 0.480 e. The monoisotopic (exact) mass is 308 g/mol. The van der Waals surface area contributed by atoms with E-state index in [1.54, 1.807) is 0 Å². The van der Waals surface area contributed by atoms with E-state index in [0.717, 1.165) is 6.42 Å².